The fourth-order valence-corrected chi connectivity index (χ4v) is 0.0945. The molecule has 1 nitrogen and oxygen atoms in total. The van der Waals surface area contributed by atoms with E-state index >= 15 is 0 Å². The van der Waals surface area contributed by atoms with E-state index in [0.717, 1.165) is 0 Å². The van der Waals surface area contributed by atoms with E-state index in [1.54, 1.807) is 0 Å². The van der Waals surface area contributed by atoms with Gasteiger partial charge in [0.05, 0.1) is 0 Å². The van der Waals surface area contributed by atoms with Crippen LogP contribution in [0.25, 0.3) is 0 Å². The Kier molecular flexibility index (Phi) is 4.44. The molecular formula is C2H4FOS. The van der Waals surface area contributed by atoms with Gasteiger partial charge >= 0.3 is 0 Å². The minimum atomic E-state index is -0.760. The van der Waals surface area contributed by atoms with Gasteiger partial charge in [-0.1, -0.05) is 12.6 Å². The van der Waals surface area contributed by atoms with Gasteiger partial charge in [-0.3, -0.25) is 0 Å². The van der Waals surface area contributed by atoms with Gasteiger partial charge in [-0.2, -0.15) is 0 Å². The van der Waals surface area contributed by atoms with Crippen LogP contribution in [0.1, 0.15) is 0 Å². The first-order chi connectivity index (χ1) is 2.41. The first-order valence-corrected chi connectivity index (χ1v) is 1.71. The summed E-state index contributed by atoms with van der Waals surface area (Å²) in [6.07, 6.45) is 0. The summed E-state index contributed by atoms with van der Waals surface area (Å²) in [7, 11) is 0. The molecule has 0 fully saturated rings. The van der Waals surface area contributed by atoms with Gasteiger partial charge < -0.3 is 4.74 Å². The minimum Gasteiger partial charge on any atom is -0.339 e. The molecule has 0 bridgehead atoms. The molecule has 0 unspecified atom stereocenters. The van der Waals surface area contributed by atoms with Crippen LogP contribution in [0.2, 0.25) is 0 Å². The van der Waals surface area contributed by atoms with Gasteiger partial charge in [-0.05, 0) is 0 Å². The zero-order valence-corrected chi connectivity index (χ0v) is 3.43. The van der Waals surface area contributed by atoms with Gasteiger partial charge in [-0.25, -0.2) is 4.39 Å². The molecule has 0 aliphatic carbocycles. The second kappa shape index (κ2) is 4.24. The summed E-state index contributed by atoms with van der Waals surface area (Å²) in [4.78, 5) is 0. The molecule has 0 saturated heterocycles. The molecule has 5 heavy (non-hydrogen) atoms. The van der Waals surface area contributed by atoms with E-state index in [1.165, 1.54) is 0 Å². The van der Waals surface area contributed by atoms with Crippen LogP contribution in [0.15, 0.2) is 0 Å². The molecule has 3 heteroatoms. The Morgan fingerprint density at radius 2 is 2.40 bits per heavy atom. The zero-order chi connectivity index (χ0) is 4.12. The van der Waals surface area contributed by atoms with Crippen molar-refractivity contribution in [1.29, 1.82) is 0 Å². The molecule has 0 aromatic carbocycles. The smallest absolute Gasteiger partial charge is 0.189 e. The summed E-state index contributed by atoms with van der Waals surface area (Å²) in [5.41, 5.74) is 0. The fourth-order valence-electron chi connectivity index (χ4n) is 0.0315. The van der Waals surface area contributed by atoms with E-state index in [4.69, 9.17) is 0 Å². The second-order valence-corrected chi connectivity index (χ2v) is 0.667. The lowest BCUT2D eigenvalue weighted by atomic mass is 11.5. The van der Waals surface area contributed by atoms with Gasteiger partial charge in [0.25, 0.3) is 0 Å². The van der Waals surface area contributed by atoms with Crippen molar-refractivity contribution in [2.45, 2.75) is 0 Å². The maximum Gasteiger partial charge on any atom is 0.189 e. The van der Waals surface area contributed by atoms with Crippen LogP contribution in [0, 0.1) is 0 Å². The summed E-state index contributed by atoms with van der Waals surface area (Å²) in [6.45, 7) is -0.760. The predicted molar refractivity (Wildman–Crippen MR) is 19.5 cm³/mol. The SMILES string of the molecule is FCOC[S]. The Hall–Kier alpha value is 0.240. The van der Waals surface area contributed by atoms with Crippen LogP contribution in [-0.2, 0) is 4.74 Å². The Balaban J connectivity index is 2.19. The number of hydrogen-bond donors (Lipinski definition) is 0. The Bertz CT molecular complexity index is 17.1. The highest BCUT2D eigenvalue weighted by Gasteiger charge is 1.69. The van der Waals surface area contributed by atoms with Crippen molar-refractivity contribution in [3.05, 3.63) is 0 Å². The molecule has 31 valence electrons. The molecular weight excluding hydrogens is 91.1 g/mol. The molecule has 0 aliphatic heterocycles. The lowest BCUT2D eigenvalue weighted by Crippen LogP contribution is -1.79. The van der Waals surface area contributed by atoms with Crippen molar-refractivity contribution in [3.63, 3.8) is 0 Å². The number of rotatable bonds is 2. The lowest BCUT2D eigenvalue weighted by Gasteiger charge is -1.81. The van der Waals surface area contributed by atoms with Crippen LogP contribution in [0.5, 0.6) is 0 Å². The molecule has 0 aromatic heterocycles. The summed E-state index contributed by atoms with van der Waals surface area (Å²) >= 11 is 4.19. The van der Waals surface area contributed by atoms with E-state index in [1.807, 2.05) is 0 Å². The molecule has 0 rings (SSSR count). The third-order valence-corrected chi connectivity index (χ3v) is 0.327. The van der Waals surface area contributed by atoms with E-state index < -0.39 is 6.86 Å². The van der Waals surface area contributed by atoms with Crippen LogP contribution in [0.3, 0.4) is 0 Å². The average Bonchev–Trinajstić information content (AvgIpc) is 1.41. The number of hydrogen-bond acceptors (Lipinski definition) is 1. The first kappa shape index (κ1) is 5.24. The molecule has 0 aromatic rings. The average molecular weight is 95.1 g/mol. The Morgan fingerprint density at radius 3 is 2.40 bits per heavy atom. The van der Waals surface area contributed by atoms with Crippen LogP contribution in [-0.4, -0.2) is 12.8 Å². The Morgan fingerprint density at radius 1 is 1.80 bits per heavy atom. The maximum atomic E-state index is 10.7. The molecule has 0 amide bonds. The van der Waals surface area contributed by atoms with Gasteiger partial charge in [0, 0.05) is 0 Å². The molecule has 0 aliphatic rings. The molecule has 0 heterocycles. The highest BCUT2D eigenvalue weighted by Crippen LogP contribution is 1.74. The number of halogens is 1. The van der Waals surface area contributed by atoms with Crippen molar-refractivity contribution in [2.24, 2.45) is 0 Å². The quantitative estimate of drug-likeness (QED) is 0.498. The van der Waals surface area contributed by atoms with Gasteiger partial charge in [0.1, 0.15) is 5.94 Å². The molecule has 0 saturated carbocycles. The minimum absolute atomic E-state index is 0.0521. The van der Waals surface area contributed by atoms with Crippen LogP contribution in [0.4, 0.5) is 4.39 Å². The topological polar surface area (TPSA) is 9.23 Å². The van der Waals surface area contributed by atoms with E-state index in [9.17, 15) is 4.39 Å². The van der Waals surface area contributed by atoms with Crippen molar-refractivity contribution in [2.75, 3.05) is 12.8 Å². The second-order valence-electron chi connectivity index (χ2n) is 0.431. The summed E-state index contributed by atoms with van der Waals surface area (Å²) in [5, 5.41) is 0. The predicted octanol–water partition coefficient (Wildman–Crippen LogP) is 1.08. The maximum absolute atomic E-state index is 10.7. The normalized spacial score (nSPS) is 8.40. The monoisotopic (exact) mass is 95.0 g/mol. The third-order valence-electron chi connectivity index (χ3n) is 0.160. The van der Waals surface area contributed by atoms with E-state index in [0.29, 0.717) is 0 Å². The summed E-state index contributed by atoms with van der Waals surface area (Å²) < 4.78 is 14.7. The van der Waals surface area contributed by atoms with Crippen LogP contribution < -0.4 is 0 Å². The number of ether oxygens (including phenoxy) is 1. The highest BCUT2D eigenvalue weighted by atomic mass is 32.1. The van der Waals surface area contributed by atoms with E-state index in [-0.39, 0.29) is 5.94 Å². The van der Waals surface area contributed by atoms with Crippen molar-refractivity contribution >= 4 is 12.6 Å². The molecule has 1 radical (unpaired) electrons. The first-order valence-electron chi connectivity index (χ1n) is 1.13. The van der Waals surface area contributed by atoms with E-state index in [2.05, 4.69) is 17.4 Å². The summed E-state index contributed by atoms with van der Waals surface area (Å²) in [6, 6.07) is 0. The number of alkyl halides is 1. The van der Waals surface area contributed by atoms with Crippen molar-refractivity contribution < 1.29 is 9.13 Å². The van der Waals surface area contributed by atoms with Crippen molar-refractivity contribution in [3.8, 4) is 0 Å². The zero-order valence-electron chi connectivity index (χ0n) is 2.61. The third kappa shape index (κ3) is 4.24. The molecule has 0 atom stereocenters. The molecule has 0 N–H and O–H groups in total. The molecule has 0 spiro atoms. The Labute approximate surface area is 35.5 Å². The highest BCUT2D eigenvalue weighted by molar-refractivity contribution is 7.80. The fraction of sp³-hybridized carbons (Fsp3) is 1.00. The summed E-state index contributed by atoms with van der Waals surface area (Å²) in [5.74, 6) is 0.0521. The van der Waals surface area contributed by atoms with Crippen LogP contribution >= 0.6 is 12.6 Å². The standard InChI is InChI=1S/C2H4FOS/c3-1-4-2-5/h1-2H2. The lowest BCUT2D eigenvalue weighted by molar-refractivity contribution is 0.0932. The largest absolute Gasteiger partial charge is 0.339 e. The van der Waals surface area contributed by atoms with Gasteiger partial charge in [-0.15, -0.1) is 0 Å². The van der Waals surface area contributed by atoms with Gasteiger partial charge in [0.2, 0.25) is 0 Å². The van der Waals surface area contributed by atoms with Gasteiger partial charge in [0.15, 0.2) is 6.86 Å². The van der Waals surface area contributed by atoms with Crippen molar-refractivity contribution in [1.82, 2.24) is 0 Å².